The van der Waals surface area contributed by atoms with Crippen molar-refractivity contribution in [3.05, 3.63) is 23.9 Å². The maximum absolute atomic E-state index is 10.7. The lowest BCUT2D eigenvalue weighted by Gasteiger charge is -2.02. The van der Waals surface area contributed by atoms with Gasteiger partial charge in [-0.1, -0.05) is 6.07 Å². The lowest BCUT2D eigenvalue weighted by atomic mass is 10.3. The Bertz CT molecular complexity index is 332. The molecule has 0 bridgehead atoms. The highest BCUT2D eigenvalue weighted by Gasteiger charge is 2.03. The molecule has 0 aliphatic rings. The van der Waals surface area contributed by atoms with Crippen LogP contribution in [0.1, 0.15) is 12.6 Å². The number of carbonyl (C=O) groups is 2. The molecule has 74 valence electrons. The number of carboxylic acid groups (broad SMARTS) is 1. The Morgan fingerprint density at radius 3 is 2.79 bits per heavy atom. The third kappa shape index (κ3) is 3.22. The summed E-state index contributed by atoms with van der Waals surface area (Å²) in [5.41, 5.74) is 0.420. The van der Waals surface area contributed by atoms with Gasteiger partial charge in [-0.05, 0) is 12.1 Å². The summed E-state index contributed by atoms with van der Waals surface area (Å²) >= 11 is 0. The van der Waals surface area contributed by atoms with E-state index < -0.39 is 5.97 Å². The summed E-state index contributed by atoms with van der Waals surface area (Å²) in [6, 6.07) is 4.85. The molecule has 0 spiro atoms. The number of aliphatic carboxylic acids is 1. The van der Waals surface area contributed by atoms with Gasteiger partial charge in [0.2, 0.25) is 5.91 Å². The number of nitrogens with zero attached hydrogens (tertiary/aromatic N) is 1. The molecule has 0 fully saturated rings. The lowest BCUT2D eigenvalue weighted by molar-refractivity contribution is -0.136. The Morgan fingerprint density at radius 2 is 2.21 bits per heavy atom. The maximum Gasteiger partial charge on any atom is 0.309 e. The van der Waals surface area contributed by atoms with E-state index in [2.05, 4.69) is 10.3 Å². The number of hydrogen-bond donors (Lipinski definition) is 2. The number of carboxylic acids is 1. The van der Waals surface area contributed by atoms with Crippen molar-refractivity contribution in [1.29, 1.82) is 0 Å². The average molecular weight is 194 g/mol. The van der Waals surface area contributed by atoms with Gasteiger partial charge in [-0.3, -0.25) is 9.59 Å². The molecule has 0 atom stereocenters. The highest BCUT2D eigenvalue weighted by Crippen LogP contribution is 2.05. The van der Waals surface area contributed by atoms with E-state index in [9.17, 15) is 9.59 Å². The molecule has 14 heavy (non-hydrogen) atoms. The maximum atomic E-state index is 10.7. The molecule has 0 aromatic carbocycles. The van der Waals surface area contributed by atoms with Gasteiger partial charge < -0.3 is 10.4 Å². The molecular formula is C9H10N2O3. The van der Waals surface area contributed by atoms with Gasteiger partial charge in [0.15, 0.2) is 0 Å². The predicted molar refractivity (Wildman–Crippen MR) is 49.9 cm³/mol. The van der Waals surface area contributed by atoms with Crippen LogP contribution in [0.4, 0.5) is 5.82 Å². The number of nitrogens with one attached hydrogen (secondary N) is 1. The predicted octanol–water partition coefficient (Wildman–Crippen LogP) is 0.667. The second-order valence-corrected chi connectivity index (χ2v) is 2.77. The van der Waals surface area contributed by atoms with Crippen molar-refractivity contribution in [2.24, 2.45) is 0 Å². The summed E-state index contributed by atoms with van der Waals surface area (Å²) in [4.78, 5) is 25.0. The number of aromatic nitrogens is 1. The Morgan fingerprint density at radius 1 is 1.50 bits per heavy atom. The fourth-order valence-corrected chi connectivity index (χ4v) is 0.983. The highest BCUT2D eigenvalue weighted by atomic mass is 16.4. The van der Waals surface area contributed by atoms with Crippen LogP contribution in [0.2, 0.25) is 0 Å². The van der Waals surface area contributed by atoms with Crippen LogP contribution >= 0.6 is 0 Å². The van der Waals surface area contributed by atoms with E-state index in [4.69, 9.17) is 5.11 Å². The molecule has 0 unspecified atom stereocenters. The fraction of sp³-hybridized carbons (Fsp3) is 0.222. The molecule has 1 heterocycles. The van der Waals surface area contributed by atoms with E-state index in [1.165, 1.54) is 6.92 Å². The van der Waals surface area contributed by atoms with Gasteiger partial charge in [-0.2, -0.15) is 0 Å². The molecule has 1 rings (SSSR count). The van der Waals surface area contributed by atoms with Gasteiger partial charge in [-0.25, -0.2) is 4.98 Å². The minimum atomic E-state index is -0.947. The Hall–Kier alpha value is -1.91. The van der Waals surface area contributed by atoms with E-state index in [1.54, 1.807) is 18.2 Å². The average Bonchev–Trinajstić information content (AvgIpc) is 2.01. The van der Waals surface area contributed by atoms with E-state index in [-0.39, 0.29) is 12.3 Å². The first-order valence-corrected chi connectivity index (χ1v) is 4.03. The molecule has 1 aromatic heterocycles. The van der Waals surface area contributed by atoms with Crippen molar-refractivity contribution in [1.82, 2.24) is 4.98 Å². The van der Waals surface area contributed by atoms with E-state index in [0.717, 1.165) is 0 Å². The molecule has 0 aliphatic carbocycles. The van der Waals surface area contributed by atoms with Gasteiger partial charge in [0.25, 0.3) is 0 Å². The quantitative estimate of drug-likeness (QED) is 0.741. The third-order valence-electron chi connectivity index (χ3n) is 1.44. The van der Waals surface area contributed by atoms with Gasteiger partial charge >= 0.3 is 5.97 Å². The van der Waals surface area contributed by atoms with E-state index in [1.807, 2.05) is 0 Å². The highest BCUT2D eigenvalue weighted by molar-refractivity contribution is 5.87. The zero-order chi connectivity index (χ0) is 10.6. The zero-order valence-corrected chi connectivity index (χ0v) is 7.65. The smallest absolute Gasteiger partial charge is 0.309 e. The van der Waals surface area contributed by atoms with Crippen LogP contribution in [0.25, 0.3) is 0 Å². The molecular weight excluding hydrogens is 184 g/mol. The molecule has 0 radical (unpaired) electrons. The summed E-state index contributed by atoms with van der Waals surface area (Å²) in [5, 5.41) is 11.0. The number of carbonyl (C=O) groups excluding carboxylic acids is 1. The van der Waals surface area contributed by atoms with Crippen molar-refractivity contribution in [3.63, 3.8) is 0 Å². The molecule has 1 amide bonds. The van der Waals surface area contributed by atoms with Crippen LogP contribution in [0.5, 0.6) is 0 Å². The van der Waals surface area contributed by atoms with Crippen LogP contribution in [0.3, 0.4) is 0 Å². The van der Waals surface area contributed by atoms with Crippen LogP contribution in [0.15, 0.2) is 18.2 Å². The molecule has 2 N–H and O–H groups in total. The standard InChI is InChI=1S/C9H10N2O3/c1-6(12)10-8-4-2-3-7(11-8)5-9(13)14/h2-4H,5H2,1H3,(H,13,14)(H,10,11,12). The minimum absolute atomic E-state index is 0.145. The minimum Gasteiger partial charge on any atom is -0.481 e. The summed E-state index contributed by atoms with van der Waals surface area (Å²) in [6.45, 7) is 1.37. The first-order valence-electron chi connectivity index (χ1n) is 4.03. The first kappa shape index (κ1) is 10.2. The van der Waals surface area contributed by atoms with Crippen LogP contribution in [-0.2, 0) is 16.0 Å². The summed E-state index contributed by atoms with van der Waals surface area (Å²) in [6.07, 6.45) is -0.145. The second kappa shape index (κ2) is 4.36. The SMILES string of the molecule is CC(=O)Nc1cccc(CC(=O)O)n1. The van der Waals surface area contributed by atoms with Crippen LogP contribution in [-0.4, -0.2) is 22.0 Å². The van der Waals surface area contributed by atoms with Crippen LogP contribution in [0, 0.1) is 0 Å². The number of pyridine rings is 1. The van der Waals surface area contributed by atoms with Crippen molar-refractivity contribution in [2.45, 2.75) is 13.3 Å². The first-order chi connectivity index (χ1) is 6.58. The summed E-state index contributed by atoms with van der Waals surface area (Å²) in [5.74, 6) is -0.807. The fourth-order valence-electron chi connectivity index (χ4n) is 0.983. The normalized spacial score (nSPS) is 9.50. The molecule has 1 aromatic rings. The molecule has 5 nitrogen and oxygen atoms in total. The molecule has 5 heteroatoms. The van der Waals surface area contributed by atoms with E-state index in [0.29, 0.717) is 11.5 Å². The van der Waals surface area contributed by atoms with Crippen molar-refractivity contribution < 1.29 is 14.7 Å². The zero-order valence-electron chi connectivity index (χ0n) is 7.65. The summed E-state index contributed by atoms with van der Waals surface area (Å²) in [7, 11) is 0. The molecule has 0 saturated heterocycles. The van der Waals surface area contributed by atoms with Gasteiger partial charge in [0.05, 0.1) is 12.1 Å². The van der Waals surface area contributed by atoms with Gasteiger partial charge in [0.1, 0.15) is 5.82 Å². The van der Waals surface area contributed by atoms with Gasteiger partial charge in [-0.15, -0.1) is 0 Å². The Kier molecular flexibility index (Phi) is 3.17. The summed E-state index contributed by atoms with van der Waals surface area (Å²) < 4.78 is 0. The topological polar surface area (TPSA) is 79.3 Å². The van der Waals surface area contributed by atoms with Crippen molar-refractivity contribution in [2.75, 3.05) is 5.32 Å². The van der Waals surface area contributed by atoms with Crippen molar-refractivity contribution >= 4 is 17.7 Å². The number of anilines is 1. The second-order valence-electron chi connectivity index (χ2n) is 2.77. The largest absolute Gasteiger partial charge is 0.481 e. The Labute approximate surface area is 80.8 Å². The third-order valence-corrected chi connectivity index (χ3v) is 1.44. The number of amides is 1. The van der Waals surface area contributed by atoms with Crippen molar-refractivity contribution in [3.8, 4) is 0 Å². The molecule has 0 aliphatic heterocycles. The Balaban J connectivity index is 2.78. The molecule has 0 saturated carbocycles. The monoisotopic (exact) mass is 194 g/mol. The van der Waals surface area contributed by atoms with Crippen LogP contribution < -0.4 is 5.32 Å². The van der Waals surface area contributed by atoms with E-state index >= 15 is 0 Å². The lowest BCUT2D eigenvalue weighted by Crippen LogP contribution is -2.09. The number of hydrogen-bond acceptors (Lipinski definition) is 3. The van der Waals surface area contributed by atoms with Gasteiger partial charge in [0, 0.05) is 6.92 Å². The number of rotatable bonds is 3.